The number of nitrogens with one attached hydrogen (secondary N) is 4. The van der Waals surface area contributed by atoms with Crippen molar-refractivity contribution in [3.05, 3.63) is 17.2 Å². The predicted molar refractivity (Wildman–Crippen MR) is 64.3 cm³/mol. The first-order valence-electron chi connectivity index (χ1n) is 5.45. The van der Waals surface area contributed by atoms with Crippen molar-refractivity contribution in [3.63, 3.8) is 0 Å². The van der Waals surface area contributed by atoms with Crippen molar-refractivity contribution >= 4 is 10.0 Å². The van der Waals surface area contributed by atoms with Gasteiger partial charge in [-0.1, -0.05) is 5.21 Å². The molecule has 11 heteroatoms. The van der Waals surface area contributed by atoms with Crippen LogP contribution in [0.25, 0.3) is 0 Å². The Morgan fingerprint density at radius 2 is 2.05 bits per heavy atom. The number of rotatable bonds is 6. The van der Waals surface area contributed by atoms with Crippen LogP contribution in [0.5, 0.6) is 0 Å². The normalized spacial score (nSPS) is 11.9. The Kier molecular flexibility index (Phi) is 3.87. The molecular formula is C8H14N8O2S. The number of nitrogens with zero attached hydrogens (tertiary/aromatic N) is 4. The molecule has 0 aromatic carbocycles. The minimum absolute atomic E-state index is 0.0392. The van der Waals surface area contributed by atoms with Gasteiger partial charge in [0.2, 0.25) is 10.0 Å². The van der Waals surface area contributed by atoms with Crippen molar-refractivity contribution in [3.8, 4) is 0 Å². The molecule has 0 radical (unpaired) electrons. The zero-order valence-electron chi connectivity index (χ0n) is 10.4. The Morgan fingerprint density at radius 3 is 2.68 bits per heavy atom. The lowest BCUT2D eigenvalue weighted by molar-refractivity contribution is 0.576. The average molecular weight is 286 g/mol. The summed E-state index contributed by atoms with van der Waals surface area (Å²) in [6, 6.07) is 0. The number of H-pyrrole nitrogens is 2. The lowest BCUT2D eigenvalue weighted by Crippen LogP contribution is -2.25. The quantitative estimate of drug-likeness (QED) is 0.502. The molecule has 0 atom stereocenters. The molecule has 104 valence electrons. The molecule has 0 bridgehead atoms. The molecule has 0 unspecified atom stereocenters. The molecule has 0 spiro atoms. The van der Waals surface area contributed by atoms with Gasteiger partial charge in [0.15, 0.2) is 5.82 Å². The molecule has 0 aliphatic rings. The molecule has 10 nitrogen and oxygen atoms in total. The first-order valence-corrected chi connectivity index (χ1v) is 6.93. The molecule has 2 aromatic heterocycles. The predicted octanol–water partition coefficient (Wildman–Crippen LogP) is -1.57. The zero-order valence-corrected chi connectivity index (χ0v) is 11.2. The average Bonchev–Trinajstić information content (AvgIpc) is 2.97. The van der Waals surface area contributed by atoms with E-state index >= 15 is 0 Å². The Labute approximate surface area is 109 Å². The summed E-state index contributed by atoms with van der Waals surface area (Å²) in [5, 5.41) is 22.4. The fraction of sp³-hybridized carbons (Fsp3) is 0.500. The molecule has 0 aliphatic heterocycles. The molecular weight excluding hydrogens is 272 g/mol. The van der Waals surface area contributed by atoms with E-state index in [0.717, 1.165) is 0 Å². The van der Waals surface area contributed by atoms with Gasteiger partial charge in [-0.15, -0.1) is 10.2 Å². The highest BCUT2D eigenvalue weighted by Gasteiger charge is 2.24. The summed E-state index contributed by atoms with van der Waals surface area (Å²) in [6.45, 7) is 1.96. The van der Waals surface area contributed by atoms with E-state index in [4.69, 9.17) is 0 Å². The highest BCUT2D eigenvalue weighted by Crippen LogP contribution is 2.17. The van der Waals surface area contributed by atoms with Gasteiger partial charge in [0, 0.05) is 6.54 Å². The van der Waals surface area contributed by atoms with Crippen LogP contribution in [-0.4, -0.2) is 46.3 Å². The fourth-order valence-electron chi connectivity index (χ4n) is 1.60. The van der Waals surface area contributed by atoms with E-state index in [1.807, 2.05) is 0 Å². The van der Waals surface area contributed by atoms with E-state index in [1.165, 1.54) is 0 Å². The van der Waals surface area contributed by atoms with E-state index in [9.17, 15) is 8.42 Å². The van der Waals surface area contributed by atoms with E-state index in [0.29, 0.717) is 17.9 Å². The second-order valence-electron chi connectivity index (χ2n) is 3.81. The molecule has 4 N–H and O–H groups in total. The number of hydrogen-bond acceptors (Lipinski definition) is 7. The zero-order chi connectivity index (χ0) is 13.9. The number of tetrazole rings is 1. The smallest absolute Gasteiger partial charge is 0.244 e. The van der Waals surface area contributed by atoms with E-state index in [-0.39, 0.29) is 17.3 Å². The highest BCUT2D eigenvalue weighted by molar-refractivity contribution is 7.89. The number of aromatic amines is 2. The Balaban J connectivity index is 2.21. The van der Waals surface area contributed by atoms with Gasteiger partial charge in [0.1, 0.15) is 4.90 Å². The monoisotopic (exact) mass is 286 g/mol. The molecule has 2 heterocycles. The van der Waals surface area contributed by atoms with Crippen LogP contribution in [0.2, 0.25) is 0 Å². The number of hydrogen-bond donors (Lipinski definition) is 4. The minimum atomic E-state index is -3.68. The van der Waals surface area contributed by atoms with Crippen LogP contribution >= 0.6 is 0 Å². The first kappa shape index (κ1) is 13.6. The Hall–Kier alpha value is -1.85. The van der Waals surface area contributed by atoms with Crippen molar-refractivity contribution < 1.29 is 8.42 Å². The summed E-state index contributed by atoms with van der Waals surface area (Å²) in [7, 11) is -1.97. The van der Waals surface area contributed by atoms with E-state index in [1.54, 1.807) is 14.0 Å². The summed E-state index contributed by atoms with van der Waals surface area (Å²) >= 11 is 0. The third-order valence-electron chi connectivity index (χ3n) is 2.38. The Bertz CT molecular complexity index is 632. The highest BCUT2D eigenvalue weighted by atomic mass is 32.2. The van der Waals surface area contributed by atoms with Crippen LogP contribution in [0.15, 0.2) is 4.90 Å². The third-order valence-corrected chi connectivity index (χ3v) is 3.99. The first-order chi connectivity index (χ1) is 9.04. The Morgan fingerprint density at radius 1 is 1.26 bits per heavy atom. The van der Waals surface area contributed by atoms with Crippen molar-refractivity contribution in [2.45, 2.75) is 24.9 Å². The second-order valence-corrected chi connectivity index (χ2v) is 5.51. The molecule has 0 fully saturated rings. The summed E-state index contributed by atoms with van der Waals surface area (Å²) in [4.78, 5) is 0.144. The lowest BCUT2D eigenvalue weighted by Gasteiger charge is -2.06. The van der Waals surface area contributed by atoms with Gasteiger partial charge >= 0.3 is 0 Å². The number of aryl methyl sites for hydroxylation is 1. The summed E-state index contributed by atoms with van der Waals surface area (Å²) in [5.74, 6) is 0.264. The van der Waals surface area contributed by atoms with Crippen LogP contribution in [0.3, 0.4) is 0 Å². The van der Waals surface area contributed by atoms with Crippen LogP contribution in [0.1, 0.15) is 17.2 Å². The molecule has 2 rings (SSSR count). The molecule has 0 amide bonds. The van der Waals surface area contributed by atoms with Crippen molar-refractivity contribution in [2.75, 3.05) is 7.05 Å². The van der Waals surface area contributed by atoms with Gasteiger partial charge in [0.25, 0.3) is 0 Å². The third kappa shape index (κ3) is 2.94. The van der Waals surface area contributed by atoms with Crippen LogP contribution < -0.4 is 10.0 Å². The van der Waals surface area contributed by atoms with Gasteiger partial charge in [0.05, 0.1) is 17.9 Å². The van der Waals surface area contributed by atoms with Crippen molar-refractivity contribution in [2.24, 2.45) is 0 Å². The van der Waals surface area contributed by atoms with Gasteiger partial charge in [-0.3, -0.25) is 5.10 Å². The SMILES string of the molecule is CNCc1n[nH]c(C)c1S(=O)(=O)NCc1nn[nH]n1. The second kappa shape index (κ2) is 5.42. The van der Waals surface area contributed by atoms with E-state index in [2.05, 4.69) is 40.9 Å². The fourth-order valence-corrected chi connectivity index (χ4v) is 2.94. The topological polar surface area (TPSA) is 141 Å². The van der Waals surface area contributed by atoms with Crippen LogP contribution in [-0.2, 0) is 23.1 Å². The standard InChI is InChI=1S/C8H14N8O2S/c1-5-8(6(3-9-2)12-11-5)19(17,18)10-4-7-13-15-16-14-7/h9-10H,3-4H2,1-2H3,(H,11,12)(H,13,14,15,16). The number of sulfonamides is 1. The summed E-state index contributed by atoms with van der Waals surface area (Å²) in [5.41, 5.74) is 0.909. The largest absolute Gasteiger partial charge is 0.314 e. The molecule has 19 heavy (non-hydrogen) atoms. The lowest BCUT2D eigenvalue weighted by atomic mass is 10.4. The molecule has 0 aliphatic carbocycles. The van der Waals surface area contributed by atoms with Crippen molar-refractivity contribution in [1.29, 1.82) is 0 Å². The minimum Gasteiger partial charge on any atom is -0.314 e. The molecule has 0 saturated carbocycles. The van der Waals surface area contributed by atoms with Gasteiger partial charge in [-0.2, -0.15) is 10.3 Å². The maximum Gasteiger partial charge on any atom is 0.244 e. The summed E-state index contributed by atoms with van der Waals surface area (Å²) < 4.78 is 26.8. The summed E-state index contributed by atoms with van der Waals surface area (Å²) in [6.07, 6.45) is 0. The van der Waals surface area contributed by atoms with Crippen LogP contribution in [0.4, 0.5) is 0 Å². The van der Waals surface area contributed by atoms with E-state index < -0.39 is 10.0 Å². The van der Waals surface area contributed by atoms with Gasteiger partial charge in [-0.25, -0.2) is 13.1 Å². The van der Waals surface area contributed by atoms with Crippen molar-refractivity contribution in [1.82, 2.24) is 40.9 Å². The van der Waals surface area contributed by atoms with Crippen LogP contribution in [0, 0.1) is 6.92 Å². The molecule has 0 saturated heterocycles. The number of aromatic nitrogens is 6. The maximum absolute atomic E-state index is 12.2. The maximum atomic E-state index is 12.2. The molecule has 2 aromatic rings. The van der Waals surface area contributed by atoms with Gasteiger partial charge in [-0.05, 0) is 14.0 Å². The van der Waals surface area contributed by atoms with Gasteiger partial charge < -0.3 is 5.32 Å².